The van der Waals surface area contributed by atoms with Gasteiger partial charge in [-0.15, -0.1) is 0 Å². The van der Waals surface area contributed by atoms with Crippen LogP contribution in [-0.4, -0.2) is 42.8 Å². The fourth-order valence-corrected chi connectivity index (χ4v) is 4.91. The van der Waals surface area contributed by atoms with Crippen LogP contribution in [-0.2, 0) is 10.0 Å². The molecule has 0 radical (unpaired) electrons. The molecular weight excluding hydrogens is 406 g/mol. The van der Waals surface area contributed by atoms with Gasteiger partial charge in [0.25, 0.3) is 10.0 Å². The van der Waals surface area contributed by atoms with Crippen molar-refractivity contribution in [2.45, 2.75) is 44.2 Å². The second kappa shape index (κ2) is 7.64. The Bertz CT molecular complexity index is 1090. The lowest BCUT2D eigenvalue weighted by molar-refractivity contribution is 0.195. The summed E-state index contributed by atoms with van der Waals surface area (Å²) in [7, 11) is -3.94. The molecule has 9 heteroatoms. The third-order valence-electron chi connectivity index (χ3n) is 4.62. The van der Waals surface area contributed by atoms with Crippen LogP contribution in [0.4, 0.5) is 16.2 Å². The summed E-state index contributed by atoms with van der Waals surface area (Å²) >= 11 is 0. The number of nitrogens with zero attached hydrogens (tertiary/aromatic N) is 3. The number of hydrogen-bond donors (Lipinski definition) is 1. The maximum atomic E-state index is 13.5. The van der Waals surface area contributed by atoms with Gasteiger partial charge in [-0.05, 0) is 51.5 Å². The molecule has 0 saturated carbocycles. The summed E-state index contributed by atoms with van der Waals surface area (Å²) in [5.41, 5.74) is 0.373. The molecule has 160 valence electrons. The van der Waals surface area contributed by atoms with Gasteiger partial charge >= 0.3 is 6.09 Å². The number of hydrogen-bond acceptors (Lipinski definition) is 5. The minimum atomic E-state index is -3.94. The van der Waals surface area contributed by atoms with Crippen molar-refractivity contribution in [3.8, 4) is 5.88 Å². The van der Waals surface area contributed by atoms with E-state index in [4.69, 9.17) is 4.74 Å². The van der Waals surface area contributed by atoms with Crippen LogP contribution < -0.4 is 13.9 Å². The van der Waals surface area contributed by atoms with Gasteiger partial charge in [0.2, 0.25) is 5.88 Å². The number of rotatable bonds is 4. The molecule has 1 aliphatic rings. The van der Waals surface area contributed by atoms with E-state index in [1.165, 1.54) is 28.7 Å². The minimum absolute atomic E-state index is 0.0708. The molecule has 1 N–H and O–H groups in total. The van der Waals surface area contributed by atoms with Gasteiger partial charge in [-0.1, -0.05) is 24.8 Å². The Hall–Kier alpha value is -3.07. The van der Waals surface area contributed by atoms with E-state index in [0.717, 1.165) is 4.90 Å². The molecule has 0 fully saturated rings. The van der Waals surface area contributed by atoms with Crippen LogP contribution in [0, 0.1) is 0 Å². The molecule has 1 unspecified atom stereocenters. The Morgan fingerprint density at radius 1 is 1.37 bits per heavy atom. The summed E-state index contributed by atoms with van der Waals surface area (Å²) in [6.45, 7) is 10.7. The molecule has 0 spiro atoms. The number of pyridine rings is 1. The van der Waals surface area contributed by atoms with Crippen LogP contribution in [0.25, 0.3) is 6.08 Å². The molecule has 1 aliphatic heterocycles. The van der Waals surface area contributed by atoms with Crippen molar-refractivity contribution < 1.29 is 23.1 Å². The first kappa shape index (κ1) is 21.6. The molecule has 0 aliphatic carbocycles. The van der Waals surface area contributed by atoms with Crippen LogP contribution in [0.2, 0.25) is 0 Å². The van der Waals surface area contributed by atoms with Crippen molar-refractivity contribution in [1.29, 1.82) is 0 Å². The van der Waals surface area contributed by atoms with Crippen molar-refractivity contribution in [2.75, 3.05) is 15.7 Å². The third-order valence-corrected chi connectivity index (χ3v) is 6.40. The largest absolute Gasteiger partial charge is 0.471 e. The normalized spacial score (nSPS) is 16.4. The van der Waals surface area contributed by atoms with Gasteiger partial charge in [-0.2, -0.15) is 0 Å². The third kappa shape index (κ3) is 3.97. The molecule has 30 heavy (non-hydrogen) atoms. The van der Waals surface area contributed by atoms with Crippen LogP contribution in [0.15, 0.2) is 48.0 Å². The van der Waals surface area contributed by atoms with Gasteiger partial charge in [0.1, 0.15) is 11.8 Å². The molecule has 2 heterocycles. The fourth-order valence-electron chi connectivity index (χ4n) is 3.32. The minimum Gasteiger partial charge on any atom is -0.471 e. The predicted molar refractivity (Wildman–Crippen MR) is 116 cm³/mol. The Kier molecular flexibility index (Phi) is 5.51. The molecule has 1 aromatic heterocycles. The Morgan fingerprint density at radius 2 is 2.07 bits per heavy atom. The van der Waals surface area contributed by atoms with Gasteiger partial charge in [0.15, 0.2) is 0 Å². The molecule has 8 nitrogen and oxygen atoms in total. The zero-order valence-electron chi connectivity index (χ0n) is 17.4. The summed E-state index contributed by atoms with van der Waals surface area (Å²) < 4.78 is 33.8. The number of amides is 1. The standard InChI is InChI=1S/C21H25N3O5S/c1-6-15-8-7-9-17(10-15)30(27,28)23-13-14(2)29-19-18(23)11-16(12-22-19)24(20(25)26)21(3,4)5/h6-12,14H,1,13H2,2-5H3,(H,25,26). The lowest BCUT2D eigenvalue weighted by Gasteiger charge is -2.36. The summed E-state index contributed by atoms with van der Waals surface area (Å²) in [4.78, 5) is 17.3. The van der Waals surface area contributed by atoms with E-state index in [9.17, 15) is 18.3 Å². The molecule has 0 saturated heterocycles. The lowest BCUT2D eigenvalue weighted by Crippen LogP contribution is -2.46. The first-order valence-corrected chi connectivity index (χ1v) is 10.8. The first-order chi connectivity index (χ1) is 13.9. The van der Waals surface area contributed by atoms with E-state index in [1.807, 2.05) is 0 Å². The number of aromatic nitrogens is 1. The van der Waals surface area contributed by atoms with E-state index in [2.05, 4.69) is 11.6 Å². The Labute approximate surface area is 176 Å². The number of anilines is 2. The number of fused-ring (bicyclic) bond motifs is 1. The number of ether oxygens (including phenoxy) is 1. The number of benzene rings is 1. The summed E-state index contributed by atoms with van der Waals surface area (Å²) in [5.74, 6) is 0.139. The molecular formula is C21H25N3O5S. The molecule has 2 aromatic rings. The first-order valence-electron chi connectivity index (χ1n) is 9.40. The van der Waals surface area contributed by atoms with E-state index in [0.29, 0.717) is 5.56 Å². The smallest absolute Gasteiger partial charge is 0.412 e. The zero-order valence-corrected chi connectivity index (χ0v) is 18.2. The van der Waals surface area contributed by atoms with Crippen molar-refractivity contribution in [3.63, 3.8) is 0 Å². The van der Waals surface area contributed by atoms with Crippen LogP contribution >= 0.6 is 0 Å². The van der Waals surface area contributed by atoms with Crippen LogP contribution in [0.1, 0.15) is 33.3 Å². The van der Waals surface area contributed by atoms with E-state index < -0.39 is 27.8 Å². The fraction of sp³-hybridized carbons (Fsp3) is 0.333. The van der Waals surface area contributed by atoms with Gasteiger partial charge in [0.05, 0.1) is 23.3 Å². The van der Waals surface area contributed by atoms with Crippen molar-refractivity contribution >= 4 is 33.6 Å². The van der Waals surface area contributed by atoms with Gasteiger partial charge in [-0.3, -0.25) is 9.21 Å². The van der Waals surface area contributed by atoms with Gasteiger partial charge < -0.3 is 9.84 Å². The monoisotopic (exact) mass is 431 g/mol. The van der Waals surface area contributed by atoms with E-state index >= 15 is 0 Å². The SMILES string of the molecule is C=Cc1cccc(S(=O)(=O)N2CC(C)Oc3ncc(N(C(=O)O)C(C)(C)C)cc32)c1. The second-order valence-corrected chi connectivity index (χ2v) is 9.91. The Balaban J connectivity index is 2.16. The van der Waals surface area contributed by atoms with Crippen molar-refractivity contribution in [3.05, 3.63) is 48.7 Å². The summed E-state index contributed by atoms with van der Waals surface area (Å²) in [6.07, 6.45) is 1.36. The topological polar surface area (TPSA) is 100 Å². The van der Waals surface area contributed by atoms with E-state index in [1.54, 1.807) is 45.9 Å². The highest BCUT2D eigenvalue weighted by atomic mass is 32.2. The summed E-state index contributed by atoms with van der Waals surface area (Å²) in [5, 5.41) is 9.70. The average Bonchev–Trinajstić information content (AvgIpc) is 2.66. The maximum Gasteiger partial charge on any atom is 0.412 e. The van der Waals surface area contributed by atoms with Crippen LogP contribution in [0.5, 0.6) is 5.88 Å². The van der Waals surface area contributed by atoms with Crippen molar-refractivity contribution in [1.82, 2.24) is 4.98 Å². The second-order valence-electron chi connectivity index (χ2n) is 8.05. The molecule has 1 aromatic carbocycles. The van der Waals surface area contributed by atoms with E-state index in [-0.39, 0.29) is 28.7 Å². The lowest BCUT2D eigenvalue weighted by atomic mass is 10.1. The molecule has 0 bridgehead atoms. The predicted octanol–water partition coefficient (Wildman–Crippen LogP) is 3.98. The van der Waals surface area contributed by atoms with Crippen LogP contribution in [0.3, 0.4) is 0 Å². The number of sulfonamides is 1. The quantitative estimate of drug-likeness (QED) is 0.786. The Morgan fingerprint density at radius 3 is 2.67 bits per heavy atom. The molecule has 1 atom stereocenters. The maximum absolute atomic E-state index is 13.5. The van der Waals surface area contributed by atoms with Gasteiger partial charge in [0, 0.05) is 5.54 Å². The summed E-state index contributed by atoms with van der Waals surface area (Å²) in [6, 6.07) is 7.95. The highest BCUT2D eigenvalue weighted by Crippen LogP contribution is 2.39. The van der Waals surface area contributed by atoms with Gasteiger partial charge in [-0.25, -0.2) is 18.2 Å². The highest BCUT2D eigenvalue weighted by molar-refractivity contribution is 7.92. The number of carboxylic acid groups (broad SMARTS) is 1. The van der Waals surface area contributed by atoms with Crippen molar-refractivity contribution in [2.24, 2.45) is 0 Å². The molecule has 1 amide bonds. The highest BCUT2D eigenvalue weighted by Gasteiger charge is 2.36. The zero-order chi connectivity index (χ0) is 22.3. The average molecular weight is 432 g/mol. The molecule has 3 rings (SSSR count). The number of carbonyl (C=O) groups is 1.